The van der Waals surface area contributed by atoms with Crippen molar-refractivity contribution in [3.63, 3.8) is 0 Å². The second kappa shape index (κ2) is 6.07. The fraction of sp³-hybridized carbons (Fsp3) is 0.235. The summed E-state index contributed by atoms with van der Waals surface area (Å²) in [5, 5.41) is 11.0. The first-order valence-electron chi connectivity index (χ1n) is 7.09. The number of ether oxygens (including phenoxy) is 2. The molecule has 114 valence electrons. The molecule has 0 saturated carbocycles. The predicted molar refractivity (Wildman–Crippen MR) is 85.2 cm³/mol. The molecule has 0 fully saturated rings. The lowest BCUT2D eigenvalue weighted by molar-refractivity contribution is 0.0919. The predicted octanol–water partition coefficient (Wildman–Crippen LogP) is 3.35. The van der Waals surface area contributed by atoms with Crippen molar-refractivity contribution in [1.29, 1.82) is 0 Å². The Balaban J connectivity index is 1.94. The van der Waals surface area contributed by atoms with Crippen LogP contribution in [-0.2, 0) is 4.74 Å². The van der Waals surface area contributed by atoms with Gasteiger partial charge in [0.05, 0.1) is 6.61 Å². The quantitative estimate of drug-likeness (QED) is 0.758. The standard InChI is InChI=1S/C17H18N2O3/c1-11(10-21-2)22-15-7-13(6-14(20)9-15)16-8-12-4-3-5-18-17(12)19-16/h3-9,11,20H,10H2,1-2H3,(H,18,19)/t11-/m0/s1. The second-order valence-electron chi connectivity index (χ2n) is 5.22. The van der Waals surface area contributed by atoms with Gasteiger partial charge in [0, 0.05) is 36.0 Å². The van der Waals surface area contributed by atoms with Gasteiger partial charge in [-0.05, 0) is 37.3 Å². The minimum atomic E-state index is -0.0935. The van der Waals surface area contributed by atoms with Gasteiger partial charge < -0.3 is 19.6 Å². The molecule has 3 aromatic rings. The first-order chi connectivity index (χ1) is 10.7. The van der Waals surface area contributed by atoms with Gasteiger partial charge in [-0.3, -0.25) is 0 Å². The van der Waals surface area contributed by atoms with Crippen molar-refractivity contribution in [2.45, 2.75) is 13.0 Å². The third-order valence-corrected chi connectivity index (χ3v) is 3.33. The van der Waals surface area contributed by atoms with Crippen molar-refractivity contribution in [3.8, 4) is 22.8 Å². The average molecular weight is 298 g/mol. The number of pyridine rings is 1. The van der Waals surface area contributed by atoms with E-state index in [1.165, 1.54) is 0 Å². The lowest BCUT2D eigenvalue weighted by Crippen LogP contribution is -2.17. The Labute approximate surface area is 128 Å². The molecule has 5 nitrogen and oxygen atoms in total. The molecule has 0 aliphatic carbocycles. The first-order valence-corrected chi connectivity index (χ1v) is 7.09. The van der Waals surface area contributed by atoms with Gasteiger partial charge in [-0.25, -0.2) is 4.98 Å². The van der Waals surface area contributed by atoms with Crippen molar-refractivity contribution in [1.82, 2.24) is 9.97 Å². The van der Waals surface area contributed by atoms with Gasteiger partial charge in [0.15, 0.2) is 0 Å². The number of phenols is 1. The van der Waals surface area contributed by atoms with Crippen LogP contribution in [0.3, 0.4) is 0 Å². The lowest BCUT2D eigenvalue weighted by atomic mass is 10.1. The van der Waals surface area contributed by atoms with Gasteiger partial charge in [0.2, 0.25) is 0 Å². The van der Waals surface area contributed by atoms with Gasteiger partial charge in [-0.15, -0.1) is 0 Å². The van der Waals surface area contributed by atoms with Crippen molar-refractivity contribution in [2.75, 3.05) is 13.7 Å². The SMILES string of the molecule is COC[C@H](C)Oc1cc(O)cc(-c2cc3cccnc3[nH]2)c1. The molecule has 0 aliphatic heterocycles. The zero-order chi connectivity index (χ0) is 15.5. The number of benzene rings is 1. The van der Waals surface area contributed by atoms with Crippen LogP contribution in [0.25, 0.3) is 22.3 Å². The van der Waals surface area contributed by atoms with Crippen molar-refractivity contribution < 1.29 is 14.6 Å². The summed E-state index contributed by atoms with van der Waals surface area (Å²) >= 11 is 0. The number of phenolic OH excluding ortho intramolecular Hbond substituents is 1. The molecule has 3 rings (SSSR count). The number of hydrogen-bond acceptors (Lipinski definition) is 4. The third-order valence-electron chi connectivity index (χ3n) is 3.33. The van der Waals surface area contributed by atoms with E-state index in [0.717, 1.165) is 22.3 Å². The molecule has 5 heteroatoms. The Morgan fingerprint density at radius 2 is 2.14 bits per heavy atom. The molecular weight excluding hydrogens is 280 g/mol. The number of rotatable bonds is 5. The number of fused-ring (bicyclic) bond motifs is 1. The fourth-order valence-electron chi connectivity index (χ4n) is 2.42. The van der Waals surface area contributed by atoms with E-state index in [4.69, 9.17) is 9.47 Å². The molecule has 0 unspecified atom stereocenters. The third kappa shape index (κ3) is 3.04. The van der Waals surface area contributed by atoms with Crippen molar-refractivity contribution in [2.24, 2.45) is 0 Å². The topological polar surface area (TPSA) is 67.4 Å². The Bertz CT molecular complexity index is 749. The zero-order valence-electron chi connectivity index (χ0n) is 12.5. The van der Waals surface area contributed by atoms with Crippen molar-refractivity contribution >= 4 is 11.0 Å². The summed E-state index contributed by atoms with van der Waals surface area (Å²) in [7, 11) is 1.63. The molecular formula is C17H18N2O3. The molecule has 22 heavy (non-hydrogen) atoms. The summed E-state index contributed by atoms with van der Waals surface area (Å²) in [6, 6.07) is 11.1. The number of hydrogen-bond donors (Lipinski definition) is 2. The highest BCUT2D eigenvalue weighted by Gasteiger charge is 2.09. The monoisotopic (exact) mass is 298 g/mol. The molecule has 2 N–H and O–H groups in total. The van der Waals surface area contributed by atoms with Crippen LogP contribution >= 0.6 is 0 Å². The van der Waals surface area contributed by atoms with E-state index in [9.17, 15) is 5.11 Å². The maximum atomic E-state index is 9.93. The van der Waals surface area contributed by atoms with Crippen LogP contribution in [0.4, 0.5) is 0 Å². The highest BCUT2D eigenvalue weighted by Crippen LogP contribution is 2.30. The number of aromatic nitrogens is 2. The Hall–Kier alpha value is -2.53. The van der Waals surface area contributed by atoms with Crippen molar-refractivity contribution in [3.05, 3.63) is 42.6 Å². The maximum absolute atomic E-state index is 9.93. The molecule has 0 saturated heterocycles. The van der Waals surface area contributed by atoms with Gasteiger partial charge in [0.25, 0.3) is 0 Å². The van der Waals surface area contributed by atoms with Crippen LogP contribution in [0, 0.1) is 0 Å². The number of methoxy groups -OCH3 is 1. The minimum absolute atomic E-state index is 0.0935. The highest BCUT2D eigenvalue weighted by atomic mass is 16.5. The summed E-state index contributed by atoms with van der Waals surface area (Å²) in [4.78, 5) is 7.52. The maximum Gasteiger partial charge on any atom is 0.137 e. The van der Waals surface area contributed by atoms with Crippen LogP contribution in [0.5, 0.6) is 11.5 Å². The van der Waals surface area contributed by atoms with Crippen LogP contribution in [-0.4, -0.2) is 34.9 Å². The highest BCUT2D eigenvalue weighted by molar-refractivity contribution is 5.83. The Morgan fingerprint density at radius 1 is 1.27 bits per heavy atom. The van der Waals surface area contributed by atoms with E-state index >= 15 is 0 Å². The van der Waals surface area contributed by atoms with Crippen LogP contribution in [0.15, 0.2) is 42.6 Å². The van der Waals surface area contributed by atoms with Gasteiger partial charge in [0.1, 0.15) is 23.3 Å². The van der Waals surface area contributed by atoms with E-state index in [1.54, 1.807) is 25.4 Å². The van der Waals surface area contributed by atoms with Crippen LogP contribution < -0.4 is 4.74 Å². The largest absolute Gasteiger partial charge is 0.508 e. The number of H-pyrrole nitrogens is 1. The van der Waals surface area contributed by atoms with E-state index in [1.807, 2.05) is 31.2 Å². The molecule has 1 aromatic carbocycles. The fourth-order valence-corrected chi connectivity index (χ4v) is 2.42. The molecule has 0 amide bonds. The molecule has 0 radical (unpaired) electrons. The number of aromatic amines is 1. The van der Waals surface area contributed by atoms with Gasteiger partial charge in [-0.1, -0.05) is 0 Å². The van der Waals surface area contributed by atoms with E-state index < -0.39 is 0 Å². The minimum Gasteiger partial charge on any atom is -0.508 e. The molecule has 2 aromatic heterocycles. The molecule has 0 spiro atoms. The molecule has 1 atom stereocenters. The smallest absolute Gasteiger partial charge is 0.137 e. The van der Waals surface area contributed by atoms with E-state index in [0.29, 0.717) is 12.4 Å². The first kappa shape index (κ1) is 14.4. The number of nitrogens with one attached hydrogen (secondary N) is 1. The van der Waals surface area contributed by atoms with Gasteiger partial charge in [-0.2, -0.15) is 0 Å². The van der Waals surface area contributed by atoms with E-state index in [-0.39, 0.29) is 11.9 Å². The second-order valence-corrected chi connectivity index (χ2v) is 5.22. The normalized spacial score (nSPS) is 12.5. The number of aromatic hydroxyl groups is 1. The lowest BCUT2D eigenvalue weighted by Gasteiger charge is -2.14. The summed E-state index contributed by atoms with van der Waals surface area (Å²) in [6.07, 6.45) is 1.65. The average Bonchev–Trinajstić information content (AvgIpc) is 2.90. The van der Waals surface area contributed by atoms with E-state index in [2.05, 4.69) is 9.97 Å². The molecule has 2 heterocycles. The van der Waals surface area contributed by atoms with Gasteiger partial charge >= 0.3 is 0 Å². The van der Waals surface area contributed by atoms with Crippen LogP contribution in [0.2, 0.25) is 0 Å². The zero-order valence-corrected chi connectivity index (χ0v) is 12.5. The van der Waals surface area contributed by atoms with Crippen LogP contribution in [0.1, 0.15) is 6.92 Å². The summed E-state index contributed by atoms with van der Waals surface area (Å²) in [6.45, 7) is 2.40. The molecule has 0 bridgehead atoms. The molecule has 0 aliphatic rings. The number of nitrogens with zero attached hydrogens (tertiary/aromatic N) is 1. The Morgan fingerprint density at radius 3 is 2.91 bits per heavy atom. The summed E-state index contributed by atoms with van der Waals surface area (Å²) < 4.78 is 10.8. The Kier molecular flexibility index (Phi) is 3.98. The summed E-state index contributed by atoms with van der Waals surface area (Å²) in [5.74, 6) is 0.759. The summed E-state index contributed by atoms with van der Waals surface area (Å²) in [5.41, 5.74) is 2.54.